The van der Waals surface area contributed by atoms with Crippen LogP contribution in [-0.4, -0.2) is 73.9 Å². The highest BCUT2D eigenvalue weighted by molar-refractivity contribution is 5.90. The summed E-state index contributed by atoms with van der Waals surface area (Å²) < 4.78 is 22.0. The van der Waals surface area contributed by atoms with Crippen LogP contribution in [0.4, 0.5) is 0 Å². The second kappa shape index (κ2) is 11.4. The van der Waals surface area contributed by atoms with Crippen LogP contribution in [0.15, 0.2) is 45.6 Å². The summed E-state index contributed by atoms with van der Waals surface area (Å²) >= 11 is 0. The van der Waals surface area contributed by atoms with Crippen LogP contribution in [0.3, 0.4) is 0 Å². The minimum atomic E-state index is -1.72. The molecule has 1 aromatic heterocycles. The van der Waals surface area contributed by atoms with Gasteiger partial charge in [0.15, 0.2) is 0 Å². The smallest absolute Gasteiger partial charge is 0.313 e. The maximum atomic E-state index is 13.5. The summed E-state index contributed by atoms with van der Waals surface area (Å²) in [6.07, 6.45) is -6.45. The van der Waals surface area contributed by atoms with Gasteiger partial charge in [0.05, 0.1) is 6.61 Å². The molecular formula is C26H28O12. The van der Waals surface area contributed by atoms with Crippen molar-refractivity contribution in [1.82, 2.24) is 0 Å². The lowest BCUT2D eigenvalue weighted by molar-refractivity contribution is -0.277. The normalized spacial score (nSPS) is 23.3. The van der Waals surface area contributed by atoms with Gasteiger partial charge in [0, 0.05) is 18.6 Å². The van der Waals surface area contributed by atoms with Crippen molar-refractivity contribution in [2.24, 2.45) is 0 Å². The van der Waals surface area contributed by atoms with E-state index in [1.54, 1.807) is 0 Å². The second-order valence-corrected chi connectivity index (χ2v) is 8.85. The van der Waals surface area contributed by atoms with Gasteiger partial charge in [0.2, 0.25) is 11.7 Å². The Balaban J connectivity index is 1.78. The molecule has 5 atom stereocenters. The van der Waals surface area contributed by atoms with Gasteiger partial charge >= 0.3 is 11.9 Å². The molecule has 0 radical (unpaired) electrons. The summed E-state index contributed by atoms with van der Waals surface area (Å²) in [7, 11) is 0. The van der Waals surface area contributed by atoms with Crippen LogP contribution < -0.4 is 14.9 Å². The first-order valence-corrected chi connectivity index (χ1v) is 12.0. The van der Waals surface area contributed by atoms with Gasteiger partial charge in [-0.1, -0.05) is 25.5 Å². The Morgan fingerprint density at radius 2 is 1.74 bits per heavy atom. The Bertz CT molecular complexity index is 1350. The molecular weight excluding hydrogens is 504 g/mol. The third-order valence-electron chi connectivity index (χ3n) is 6.11. The fourth-order valence-corrected chi connectivity index (χ4v) is 4.04. The van der Waals surface area contributed by atoms with Crippen LogP contribution in [0.5, 0.6) is 23.2 Å². The molecule has 1 aliphatic heterocycles. The number of aromatic hydroxyl groups is 2. The number of hydrogen-bond donors (Lipinski definition) is 6. The second-order valence-electron chi connectivity index (χ2n) is 8.85. The zero-order valence-electron chi connectivity index (χ0n) is 20.3. The van der Waals surface area contributed by atoms with Gasteiger partial charge in [-0.25, -0.2) is 0 Å². The first-order chi connectivity index (χ1) is 18.1. The molecule has 204 valence electrons. The number of rotatable bonds is 8. The molecule has 2 heterocycles. The maximum Gasteiger partial charge on any atom is 0.313 e. The standard InChI is InChI=1S/C26H28O12/c1-2-3-4-18(30)38-25-19(12-5-7-13(28)8-6-12)22(32)20-15(29)9-14(10-16(20)36-25)35-26-24(34)23(33)21(31)17(11-27)37-26/h5-10,17,21,23-24,26-29,31,33-34H,2-4,11H2,1H3/t17?,21-,23?,24?,26-/m1/s1. The molecule has 0 spiro atoms. The number of benzene rings is 2. The number of esters is 1. The molecule has 1 saturated heterocycles. The third kappa shape index (κ3) is 5.44. The molecule has 0 aliphatic carbocycles. The highest BCUT2D eigenvalue weighted by Gasteiger charge is 2.44. The molecule has 4 rings (SSSR count). The fraction of sp³-hybridized carbons (Fsp3) is 0.385. The number of phenolic OH excluding ortho intramolecular Hbond substituents is 2. The molecule has 1 aliphatic rings. The molecule has 0 bridgehead atoms. The van der Waals surface area contributed by atoms with Crippen LogP contribution in [0, 0.1) is 0 Å². The van der Waals surface area contributed by atoms with E-state index in [9.17, 15) is 40.2 Å². The van der Waals surface area contributed by atoms with Crippen molar-refractivity contribution in [2.45, 2.75) is 56.9 Å². The van der Waals surface area contributed by atoms with Crippen LogP contribution in [0.2, 0.25) is 0 Å². The first-order valence-electron chi connectivity index (χ1n) is 12.0. The van der Waals surface area contributed by atoms with E-state index in [2.05, 4.69) is 0 Å². The van der Waals surface area contributed by atoms with Gasteiger partial charge in [0.25, 0.3) is 0 Å². The largest absolute Gasteiger partial charge is 0.508 e. The number of aliphatic hydroxyl groups is 4. The van der Waals surface area contributed by atoms with E-state index in [1.165, 1.54) is 30.3 Å². The molecule has 0 amide bonds. The molecule has 0 saturated carbocycles. The predicted molar refractivity (Wildman–Crippen MR) is 131 cm³/mol. The number of fused-ring (bicyclic) bond motifs is 1. The van der Waals surface area contributed by atoms with Crippen LogP contribution in [-0.2, 0) is 9.53 Å². The number of carbonyl (C=O) groups excluding carboxylic acids is 1. The minimum absolute atomic E-state index is 0.0572. The Morgan fingerprint density at radius 3 is 2.39 bits per heavy atom. The lowest BCUT2D eigenvalue weighted by Gasteiger charge is -2.39. The van der Waals surface area contributed by atoms with E-state index >= 15 is 0 Å². The van der Waals surface area contributed by atoms with Crippen molar-refractivity contribution in [3.63, 3.8) is 0 Å². The summed E-state index contributed by atoms with van der Waals surface area (Å²) in [5.74, 6) is -1.87. The molecule has 12 nitrogen and oxygen atoms in total. The van der Waals surface area contributed by atoms with E-state index in [-0.39, 0.29) is 40.0 Å². The number of phenols is 2. The minimum Gasteiger partial charge on any atom is -0.508 e. The van der Waals surface area contributed by atoms with Gasteiger partial charge in [-0.2, -0.15) is 0 Å². The molecule has 3 aromatic rings. The van der Waals surface area contributed by atoms with Crippen molar-refractivity contribution < 1.29 is 54.1 Å². The summed E-state index contributed by atoms with van der Waals surface area (Å²) in [5, 5.41) is 59.7. The maximum absolute atomic E-state index is 13.5. The van der Waals surface area contributed by atoms with Crippen molar-refractivity contribution in [3.8, 4) is 34.3 Å². The summed E-state index contributed by atoms with van der Waals surface area (Å²) in [5.41, 5.74) is -0.847. The van der Waals surface area contributed by atoms with Crippen molar-refractivity contribution >= 4 is 16.9 Å². The van der Waals surface area contributed by atoms with Gasteiger partial charge in [0.1, 0.15) is 58.2 Å². The molecule has 6 N–H and O–H groups in total. The Kier molecular flexibility index (Phi) is 8.19. The monoisotopic (exact) mass is 532 g/mol. The van der Waals surface area contributed by atoms with Crippen molar-refractivity contribution in [1.29, 1.82) is 0 Å². The third-order valence-corrected chi connectivity index (χ3v) is 6.11. The summed E-state index contributed by atoms with van der Waals surface area (Å²) in [6, 6.07) is 7.74. The lowest BCUT2D eigenvalue weighted by Crippen LogP contribution is -2.60. The Morgan fingerprint density at radius 1 is 1.03 bits per heavy atom. The van der Waals surface area contributed by atoms with Crippen LogP contribution >= 0.6 is 0 Å². The van der Waals surface area contributed by atoms with Crippen molar-refractivity contribution in [3.05, 3.63) is 46.6 Å². The Labute approximate surface area is 215 Å². The highest BCUT2D eigenvalue weighted by Crippen LogP contribution is 2.37. The van der Waals surface area contributed by atoms with Crippen LogP contribution in [0.1, 0.15) is 26.2 Å². The lowest BCUT2D eigenvalue weighted by atomic mass is 9.99. The molecule has 12 heteroatoms. The van der Waals surface area contributed by atoms with Gasteiger partial charge in [-0.3, -0.25) is 9.59 Å². The Hall–Kier alpha value is -3.68. The zero-order chi connectivity index (χ0) is 27.6. The average Bonchev–Trinajstić information content (AvgIpc) is 2.88. The fourth-order valence-electron chi connectivity index (χ4n) is 4.04. The molecule has 38 heavy (non-hydrogen) atoms. The van der Waals surface area contributed by atoms with Crippen molar-refractivity contribution in [2.75, 3.05) is 6.61 Å². The van der Waals surface area contributed by atoms with E-state index in [0.29, 0.717) is 6.42 Å². The number of hydrogen-bond acceptors (Lipinski definition) is 12. The average molecular weight is 532 g/mol. The number of carbonyl (C=O) groups is 1. The summed E-state index contributed by atoms with van der Waals surface area (Å²) in [6.45, 7) is 1.22. The topological polar surface area (TPSA) is 196 Å². The predicted octanol–water partition coefficient (Wildman–Crippen LogP) is 1.15. The number of aliphatic hydroxyl groups excluding tert-OH is 4. The van der Waals surface area contributed by atoms with E-state index in [4.69, 9.17) is 18.6 Å². The van der Waals surface area contributed by atoms with Gasteiger partial charge < -0.3 is 49.3 Å². The molecule has 2 aromatic carbocycles. The van der Waals surface area contributed by atoms with Crippen LogP contribution in [0.25, 0.3) is 22.1 Å². The number of unbranched alkanes of at least 4 members (excludes halogenated alkanes) is 1. The summed E-state index contributed by atoms with van der Waals surface area (Å²) in [4.78, 5) is 25.9. The molecule has 1 fully saturated rings. The van der Waals surface area contributed by atoms with E-state index < -0.39 is 60.4 Å². The number of ether oxygens (including phenoxy) is 3. The SMILES string of the molecule is CCCCC(=O)Oc1oc2cc(O[C@@H]3OC(CO)[C@@H](O)C(O)C3O)cc(O)c2c(=O)c1-c1ccc(O)cc1. The first kappa shape index (κ1) is 27.4. The molecule has 3 unspecified atom stereocenters. The van der Waals surface area contributed by atoms with Gasteiger partial charge in [-0.05, 0) is 24.1 Å². The highest BCUT2D eigenvalue weighted by atomic mass is 16.7. The van der Waals surface area contributed by atoms with Gasteiger partial charge in [-0.15, -0.1) is 0 Å². The van der Waals surface area contributed by atoms with E-state index in [0.717, 1.165) is 12.5 Å². The van der Waals surface area contributed by atoms with E-state index in [1.807, 2.05) is 6.92 Å². The quantitative estimate of drug-likeness (QED) is 0.227. The zero-order valence-corrected chi connectivity index (χ0v) is 20.3.